The fraction of sp³-hybridized carbons (Fsp3) is 0.316. The molecule has 0 aliphatic heterocycles. The van der Waals surface area contributed by atoms with Crippen LogP contribution in [0.4, 0.5) is 0 Å². The summed E-state index contributed by atoms with van der Waals surface area (Å²) in [6.07, 6.45) is 0. The van der Waals surface area contributed by atoms with Crippen molar-refractivity contribution >= 4 is 15.9 Å². The van der Waals surface area contributed by atoms with E-state index in [4.69, 9.17) is 4.74 Å². The van der Waals surface area contributed by atoms with Gasteiger partial charge in [-0.1, -0.05) is 24.6 Å². The molecule has 0 fully saturated rings. The average molecular weight is 376 g/mol. The van der Waals surface area contributed by atoms with Gasteiger partial charge in [-0.05, 0) is 44.2 Å². The molecule has 0 aliphatic carbocycles. The molecule has 0 saturated heterocycles. The van der Waals surface area contributed by atoms with Crippen LogP contribution in [0.2, 0.25) is 0 Å². The maximum Gasteiger partial charge on any atom is 0.251 e. The van der Waals surface area contributed by atoms with Gasteiger partial charge in [-0.25, -0.2) is 13.1 Å². The lowest BCUT2D eigenvalue weighted by molar-refractivity contribution is 0.0939. The number of hydrogen-bond donors (Lipinski definition) is 2. The Morgan fingerprint density at radius 1 is 1.15 bits per heavy atom. The van der Waals surface area contributed by atoms with E-state index in [2.05, 4.69) is 10.0 Å². The van der Waals surface area contributed by atoms with Crippen molar-refractivity contribution in [1.82, 2.24) is 10.0 Å². The van der Waals surface area contributed by atoms with Gasteiger partial charge in [-0.3, -0.25) is 4.79 Å². The van der Waals surface area contributed by atoms with Crippen LogP contribution in [0.15, 0.2) is 47.4 Å². The molecule has 0 bridgehead atoms. The molecule has 0 radical (unpaired) electrons. The van der Waals surface area contributed by atoms with Crippen molar-refractivity contribution in [3.63, 3.8) is 0 Å². The van der Waals surface area contributed by atoms with E-state index in [9.17, 15) is 13.2 Å². The van der Waals surface area contributed by atoms with E-state index in [1.165, 1.54) is 24.3 Å². The summed E-state index contributed by atoms with van der Waals surface area (Å²) in [5.41, 5.74) is 2.34. The van der Waals surface area contributed by atoms with Crippen LogP contribution in [-0.2, 0) is 10.0 Å². The molecule has 7 heteroatoms. The van der Waals surface area contributed by atoms with Crippen LogP contribution in [0.1, 0.15) is 41.4 Å². The average Bonchev–Trinajstić information content (AvgIpc) is 2.61. The molecule has 26 heavy (non-hydrogen) atoms. The summed E-state index contributed by atoms with van der Waals surface area (Å²) in [5.74, 6) is 0.420. The summed E-state index contributed by atoms with van der Waals surface area (Å²) in [6, 6.07) is 11.4. The van der Waals surface area contributed by atoms with Gasteiger partial charge in [-0.2, -0.15) is 0 Å². The van der Waals surface area contributed by atoms with Gasteiger partial charge in [0.2, 0.25) is 10.0 Å². The van der Waals surface area contributed by atoms with Gasteiger partial charge in [-0.15, -0.1) is 0 Å². The summed E-state index contributed by atoms with van der Waals surface area (Å²) >= 11 is 0. The number of rotatable bonds is 7. The molecule has 2 rings (SSSR count). The highest BCUT2D eigenvalue weighted by atomic mass is 32.2. The van der Waals surface area contributed by atoms with Gasteiger partial charge in [0.05, 0.1) is 18.0 Å². The van der Waals surface area contributed by atoms with Gasteiger partial charge in [0.25, 0.3) is 5.91 Å². The summed E-state index contributed by atoms with van der Waals surface area (Å²) in [5, 5.41) is 2.91. The molecule has 2 aromatic carbocycles. The van der Waals surface area contributed by atoms with E-state index in [1.807, 2.05) is 32.0 Å². The molecule has 0 aromatic heterocycles. The molecule has 2 aromatic rings. The van der Waals surface area contributed by atoms with Crippen LogP contribution in [0.25, 0.3) is 0 Å². The zero-order valence-corrected chi connectivity index (χ0v) is 16.2. The van der Waals surface area contributed by atoms with E-state index in [-0.39, 0.29) is 16.8 Å². The Labute approximate surface area is 154 Å². The molecule has 140 valence electrons. The van der Waals surface area contributed by atoms with E-state index in [0.29, 0.717) is 17.9 Å². The van der Waals surface area contributed by atoms with Crippen molar-refractivity contribution in [1.29, 1.82) is 0 Å². The first-order chi connectivity index (χ1) is 12.3. The second kappa shape index (κ2) is 8.33. The van der Waals surface area contributed by atoms with Crippen LogP contribution < -0.4 is 14.8 Å². The minimum absolute atomic E-state index is 0.129. The fourth-order valence-electron chi connectivity index (χ4n) is 2.61. The highest BCUT2D eigenvalue weighted by molar-refractivity contribution is 7.89. The Morgan fingerprint density at radius 3 is 2.38 bits per heavy atom. The second-order valence-electron chi connectivity index (χ2n) is 5.97. The number of aryl methyl sites for hydroxylation is 1. The van der Waals surface area contributed by atoms with Crippen LogP contribution in [-0.4, -0.2) is 28.0 Å². The van der Waals surface area contributed by atoms with Gasteiger partial charge in [0, 0.05) is 17.7 Å². The number of sulfonamides is 1. The third-order valence-electron chi connectivity index (χ3n) is 3.96. The van der Waals surface area contributed by atoms with Crippen LogP contribution in [0.3, 0.4) is 0 Å². The maximum absolute atomic E-state index is 12.5. The quantitative estimate of drug-likeness (QED) is 0.778. The Hall–Kier alpha value is -2.38. The molecule has 0 spiro atoms. The fourth-order valence-corrected chi connectivity index (χ4v) is 3.65. The van der Waals surface area contributed by atoms with E-state index in [0.717, 1.165) is 11.1 Å². The second-order valence-corrected chi connectivity index (χ2v) is 7.73. The number of nitrogens with one attached hydrogen (secondary N) is 2. The molecule has 1 amide bonds. The number of hydrogen-bond acceptors (Lipinski definition) is 4. The Balaban J connectivity index is 2.16. The van der Waals surface area contributed by atoms with E-state index >= 15 is 0 Å². The van der Waals surface area contributed by atoms with E-state index in [1.54, 1.807) is 14.0 Å². The number of amides is 1. The van der Waals surface area contributed by atoms with Gasteiger partial charge in [0.1, 0.15) is 5.75 Å². The van der Waals surface area contributed by atoms with Crippen molar-refractivity contribution in [2.45, 2.75) is 31.7 Å². The van der Waals surface area contributed by atoms with Crippen molar-refractivity contribution in [2.24, 2.45) is 0 Å². The summed E-state index contributed by atoms with van der Waals surface area (Å²) in [7, 11) is -1.94. The van der Waals surface area contributed by atoms with Crippen molar-refractivity contribution in [2.75, 3.05) is 13.7 Å². The summed E-state index contributed by atoms with van der Waals surface area (Å²) in [4.78, 5) is 12.6. The highest BCUT2D eigenvalue weighted by Crippen LogP contribution is 2.26. The third-order valence-corrected chi connectivity index (χ3v) is 5.52. The molecule has 0 unspecified atom stereocenters. The third kappa shape index (κ3) is 4.62. The van der Waals surface area contributed by atoms with Gasteiger partial charge in [0.15, 0.2) is 0 Å². The van der Waals surface area contributed by atoms with Crippen LogP contribution >= 0.6 is 0 Å². The number of carbonyl (C=O) groups is 1. The predicted octanol–water partition coefficient (Wildman–Crippen LogP) is 2.79. The lowest BCUT2D eigenvalue weighted by atomic mass is 10.0. The molecular formula is C19H24N2O4S. The first-order valence-electron chi connectivity index (χ1n) is 8.33. The van der Waals surface area contributed by atoms with Crippen LogP contribution in [0.5, 0.6) is 5.75 Å². The van der Waals surface area contributed by atoms with Gasteiger partial charge < -0.3 is 10.1 Å². The maximum atomic E-state index is 12.5. The van der Waals surface area contributed by atoms with Crippen LogP contribution in [0, 0.1) is 6.92 Å². The molecule has 6 nitrogen and oxygen atoms in total. The first-order valence-corrected chi connectivity index (χ1v) is 9.82. The molecule has 0 aliphatic rings. The lowest BCUT2D eigenvalue weighted by Crippen LogP contribution is -2.27. The number of carbonyl (C=O) groups excluding carboxylic acids is 1. The van der Waals surface area contributed by atoms with Crippen molar-refractivity contribution < 1.29 is 17.9 Å². The van der Waals surface area contributed by atoms with Crippen molar-refractivity contribution in [3.05, 3.63) is 59.2 Å². The Morgan fingerprint density at radius 2 is 1.81 bits per heavy atom. The molecular weight excluding hydrogens is 352 g/mol. The smallest absolute Gasteiger partial charge is 0.251 e. The van der Waals surface area contributed by atoms with Crippen molar-refractivity contribution in [3.8, 4) is 5.75 Å². The molecule has 0 saturated carbocycles. The molecule has 0 heterocycles. The zero-order chi connectivity index (χ0) is 19.3. The normalized spacial score (nSPS) is 12.5. The molecule has 2 N–H and O–H groups in total. The lowest BCUT2D eigenvalue weighted by Gasteiger charge is -2.18. The minimum atomic E-state index is -3.53. The first kappa shape index (κ1) is 19.9. The standard InChI is InChI=1S/C19H24N2O4S/c1-5-20-26(23,24)16-9-7-15(8-10-16)19(22)21-14(3)17-12-13(2)6-11-18(17)25-4/h6-12,14,20H,5H2,1-4H3,(H,21,22)/t14-/m1/s1. The Kier molecular flexibility index (Phi) is 6.39. The molecule has 1 atom stereocenters. The highest BCUT2D eigenvalue weighted by Gasteiger charge is 2.17. The van der Waals surface area contributed by atoms with Gasteiger partial charge >= 0.3 is 0 Å². The zero-order valence-electron chi connectivity index (χ0n) is 15.4. The monoisotopic (exact) mass is 376 g/mol. The number of methoxy groups -OCH3 is 1. The number of benzene rings is 2. The Bertz CT molecular complexity index is 877. The minimum Gasteiger partial charge on any atom is -0.496 e. The summed E-state index contributed by atoms with van der Waals surface area (Å²) in [6.45, 7) is 5.86. The SMILES string of the molecule is CCNS(=O)(=O)c1ccc(C(=O)N[C@H](C)c2cc(C)ccc2OC)cc1. The predicted molar refractivity (Wildman–Crippen MR) is 101 cm³/mol. The largest absolute Gasteiger partial charge is 0.496 e. The van der Waals surface area contributed by atoms with E-state index < -0.39 is 10.0 Å². The number of ether oxygens (including phenoxy) is 1. The topological polar surface area (TPSA) is 84.5 Å². The summed E-state index contributed by atoms with van der Waals surface area (Å²) < 4.78 is 31.7.